The number of hydrogen-bond acceptors (Lipinski definition) is 11. The Morgan fingerprint density at radius 3 is 1.26 bits per heavy atom. The monoisotopic (exact) mass is 660 g/mol. The molecular formula is C30H56N6O10. The molecule has 1 heterocycles. The molecule has 8 unspecified atom stereocenters. The van der Waals surface area contributed by atoms with Crippen molar-refractivity contribution in [2.75, 3.05) is 19.6 Å². The Morgan fingerprint density at radius 1 is 0.500 bits per heavy atom. The molecule has 1 rings (SSSR count). The lowest BCUT2D eigenvalue weighted by molar-refractivity contribution is -0.139. The van der Waals surface area contributed by atoms with E-state index in [1.165, 1.54) is 0 Å². The number of piperidine rings is 1. The molecule has 0 aromatic carbocycles. The van der Waals surface area contributed by atoms with Crippen LogP contribution < -0.4 is 28.7 Å². The van der Waals surface area contributed by atoms with Gasteiger partial charge in [0.15, 0.2) is 0 Å². The van der Waals surface area contributed by atoms with Crippen molar-refractivity contribution in [2.24, 2.45) is 52.3 Å². The van der Waals surface area contributed by atoms with Crippen LogP contribution >= 0.6 is 0 Å². The number of likely N-dealkylation sites (tertiary alicyclic amines) is 1. The van der Waals surface area contributed by atoms with Crippen molar-refractivity contribution in [2.45, 2.75) is 114 Å². The smallest absolute Gasteiger partial charge is 0.320 e. The van der Waals surface area contributed by atoms with Crippen molar-refractivity contribution in [3.05, 3.63) is 0 Å². The van der Waals surface area contributed by atoms with Crippen molar-refractivity contribution in [3.63, 3.8) is 0 Å². The van der Waals surface area contributed by atoms with Crippen LogP contribution in [0, 0.1) is 23.7 Å². The van der Waals surface area contributed by atoms with Crippen LogP contribution in [0.15, 0.2) is 0 Å². The molecule has 266 valence electrons. The van der Waals surface area contributed by atoms with Gasteiger partial charge in [0.25, 0.3) is 0 Å². The Labute approximate surface area is 270 Å². The molecule has 0 spiro atoms. The Balaban J connectivity index is 3.35. The molecule has 0 amide bonds. The average molecular weight is 661 g/mol. The Morgan fingerprint density at radius 2 is 0.848 bits per heavy atom. The highest BCUT2D eigenvalue weighted by Gasteiger charge is 2.41. The zero-order chi connectivity index (χ0) is 35.0. The van der Waals surface area contributed by atoms with Gasteiger partial charge in [0.2, 0.25) is 0 Å². The fraction of sp³-hybridized carbons (Fsp3) is 0.833. The highest BCUT2D eigenvalue weighted by molar-refractivity contribution is 5.74. The van der Waals surface area contributed by atoms with Crippen LogP contribution in [0.3, 0.4) is 0 Å². The summed E-state index contributed by atoms with van der Waals surface area (Å²) in [6, 6.07) is -5.20. The first-order valence-corrected chi connectivity index (χ1v) is 16.2. The molecule has 0 saturated carbocycles. The molecule has 16 nitrogen and oxygen atoms in total. The van der Waals surface area contributed by atoms with Crippen LogP contribution in [0.4, 0.5) is 0 Å². The number of nitrogens with two attached hydrogens (primary N) is 5. The van der Waals surface area contributed by atoms with E-state index in [1.54, 1.807) is 0 Å². The minimum atomic E-state index is -1.13. The lowest BCUT2D eigenvalue weighted by Gasteiger charge is -2.48. The lowest BCUT2D eigenvalue weighted by atomic mass is 9.64. The topological polar surface area (TPSA) is 320 Å². The second kappa shape index (κ2) is 21.1. The summed E-state index contributed by atoms with van der Waals surface area (Å²) < 4.78 is 0. The first kappa shape index (κ1) is 41.1. The van der Waals surface area contributed by atoms with E-state index >= 15 is 0 Å². The van der Waals surface area contributed by atoms with E-state index in [0.29, 0.717) is 77.4 Å². The SMILES string of the molecule is NC(CCCCC(CCC(N)C(=O)O)C1C(CCC(N)C(=O)O)CN(CCCCC(N)C(=O)O)CC1CCC(N)C(=O)O)C(=O)O. The van der Waals surface area contributed by atoms with Crippen LogP contribution in [0.25, 0.3) is 0 Å². The fourth-order valence-corrected chi connectivity index (χ4v) is 6.68. The molecule has 1 fully saturated rings. The zero-order valence-corrected chi connectivity index (χ0v) is 26.6. The van der Waals surface area contributed by atoms with Crippen LogP contribution in [0.5, 0.6) is 0 Å². The summed E-state index contributed by atoms with van der Waals surface area (Å²) in [6.07, 6.45) is 5.63. The number of hydrogen-bond donors (Lipinski definition) is 10. The molecule has 8 atom stereocenters. The third-order valence-electron chi connectivity index (χ3n) is 9.33. The van der Waals surface area contributed by atoms with Gasteiger partial charge in [0.1, 0.15) is 30.2 Å². The molecule has 46 heavy (non-hydrogen) atoms. The van der Waals surface area contributed by atoms with Crippen LogP contribution in [-0.2, 0) is 24.0 Å². The van der Waals surface area contributed by atoms with E-state index < -0.39 is 60.1 Å². The van der Waals surface area contributed by atoms with Crippen molar-refractivity contribution >= 4 is 29.8 Å². The predicted molar refractivity (Wildman–Crippen MR) is 168 cm³/mol. The maximum absolute atomic E-state index is 11.6. The summed E-state index contributed by atoms with van der Waals surface area (Å²) in [5.41, 5.74) is 29.0. The molecule has 0 aromatic heterocycles. The third-order valence-corrected chi connectivity index (χ3v) is 9.33. The largest absolute Gasteiger partial charge is 0.480 e. The second-order valence-electron chi connectivity index (χ2n) is 12.9. The van der Waals surface area contributed by atoms with E-state index in [1.807, 2.05) is 0 Å². The first-order valence-electron chi connectivity index (χ1n) is 16.2. The Kier molecular flexibility index (Phi) is 18.8. The van der Waals surface area contributed by atoms with Gasteiger partial charge in [-0.25, -0.2) is 0 Å². The zero-order valence-electron chi connectivity index (χ0n) is 26.6. The van der Waals surface area contributed by atoms with E-state index in [2.05, 4.69) is 4.90 Å². The molecule has 16 heteroatoms. The van der Waals surface area contributed by atoms with E-state index in [0.717, 1.165) is 0 Å². The van der Waals surface area contributed by atoms with E-state index in [9.17, 15) is 39.3 Å². The molecule has 0 radical (unpaired) electrons. The van der Waals surface area contributed by atoms with Crippen LogP contribution in [-0.4, -0.2) is 110 Å². The molecule has 0 bridgehead atoms. The van der Waals surface area contributed by atoms with Crippen LogP contribution in [0.2, 0.25) is 0 Å². The van der Waals surface area contributed by atoms with Crippen molar-refractivity contribution < 1.29 is 49.5 Å². The van der Waals surface area contributed by atoms with E-state index in [-0.39, 0.29) is 49.4 Å². The number of carbonyl (C=O) groups is 5. The van der Waals surface area contributed by atoms with Gasteiger partial charge in [-0.15, -0.1) is 0 Å². The molecular weight excluding hydrogens is 604 g/mol. The average Bonchev–Trinajstić information content (AvgIpc) is 2.99. The standard InChI is InChI=1S/C30H56N6O10/c31-20(26(37)38)6-2-1-5-17(8-11-22(33)28(41)42)25-18(9-12-23(34)29(43)44)15-36(14-4-3-7-21(32)27(39)40)16-19(25)10-13-24(35)30(45)46/h17-25H,1-16,31-35H2,(H,37,38)(H,39,40)(H,41,42)(H,43,44)(H,45,46). The highest BCUT2D eigenvalue weighted by Crippen LogP contribution is 2.43. The number of nitrogens with zero attached hydrogens (tertiary/aromatic N) is 1. The molecule has 1 aliphatic heterocycles. The normalized spacial score (nSPS) is 22.7. The fourth-order valence-electron chi connectivity index (χ4n) is 6.68. The van der Waals surface area contributed by atoms with Crippen molar-refractivity contribution in [1.82, 2.24) is 4.90 Å². The minimum absolute atomic E-state index is 0.0622. The van der Waals surface area contributed by atoms with Gasteiger partial charge in [-0.1, -0.05) is 25.7 Å². The summed E-state index contributed by atoms with van der Waals surface area (Å²) in [5.74, 6) is -5.81. The van der Waals surface area contributed by atoms with Gasteiger partial charge in [-0.05, 0) is 88.0 Å². The maximum Gasteiger partial charge on any atom is 0.320 e. The Bertz CT molecular complexity index is 954. The highest BCUT2D eigenvalue weighted by atomic mass is 16.4. The molecule has 1 saturated heterocycles. The quantitative estimate of drug-likeness (QED) is 0.0571. The number of carboxylic acids is 5. The van der Waals surface area contributed by atoms with E-state index in [4.69, 9.17) is 38.9 Å². The second-order valence-corrected chi connectivity index (χ2v) is 12.9. The van der Waals surface area contributed by atoms with Gasteiger partial charge in [0.05, 0.1) is 0 Å². The van der Waals surface area contributed by atoms with Crippen molar-refractivity contribution in [1.29, 1.82) is 0 Å². The van der Waals surface area contributed by atoms with Crippen LogP contribution in [0.1, 0.15) is 83.5 Å². The summed E-state index contributed by atoms with van der Waals surface area (Å²) in [4.78, 5) is 59.3. The number of rotatable bonds is 25. The maximum atomic E-state index is 11.6. The van der Waals surface area contributed by atoms with Gasteiger partial charge in [0, 0.05) is 13.1 Å². The van der Waals surface area contributed by atoms with Gasteiger partial charge in [-0.3, -0.25) is 24.0 Å². The third kappa shape index (κ3) is 15.1. The molecule has 0 aliphatic carbocycles. The van der Waals surface area contributed by atoms with Gasteiger partial charge >= 0.3 is 29.8 Å². The van der Waals surface area contributed by atoms with Gasteiger partial charge < -0.3 is 59.1 Å². The summed E-state index contributed by atoms with van der Waals surface area (Å²) in [6.45, 7) is 1.81. The minimum Gasteiger partial charge on any atom is -0.480 e. The summed E-state index contributed by atoms with van der Waals surface area (Å²) in [5, 5.41) is 46.6. The molecule has 1 aliphatic rings. The number of carboxylic acid groups (broad SMARTS) is 5. The lowest BCUT2D eigenvalue weighted by Crippen LogP contribution is -2.50. The summed E-state index contributed by atoms with van der Waals surface area (Å²) in [7, 11) is 0. The summed E-state index contributed by atoms with van der Waals surface area (Å²) >= 11 is 0. The molecule has 15 N–H and O–H groups in total. The predicted octanol–water partition coefficient (Wildman–Crippen LogP) is -0.102. The Hall–Kier alpha value is -2.89. The number of aliphatic carboxylic acids is 5. The van der Waals surface area contributed by atoms with Gasteiger partial charge in [-0.2, -0.15) is 0 Å². The molecule has 0 aromatic rings. The first-order chi connectivity index (χ1) is 21.5. The number of unbranched alkanes of at least 4 members (excludes halogenated alkanes) is 2. The van der Waals surface area contributed by atoms with Crippen molar-refractivity contribution in [3.8, 4) is 0 Å².